The molecule has 1 aromatic heterocycles. The van der Waals surface area contributed by atoms with E-state index in [2.05, 4.69) is 10.5 Å². The predicted molar refractivity (Wildman–Crippen MR) is 57.9 cm³/mol. The van der Waals surface area contributed by atoms with E-state index in [0.29, 0.717) is 0 Å². The number of nitrogens with two attached hydrogens (primary N) is 1. The third kappa shape index (κ3) is 2.99. The van der Waals surface area contributed by atoms with E-state index in [1.807, 2.05) is 32.9 Å². The van der Waals surface area contributed by atoms with Gasteiger partial charge in [0.25, 0.3) is 0 Å². The molecule has 0 aromatic carbocycles. The Bertz CT molecular complexity index is 346. The quantitative estimate of drug-likeness (QED) is 0.304. The van der Waals surface area contributed by atoms with Crippen molar-refractivity contribution in [3.63, 3.8) is 0 Å². The van der Waals surface area contributed by atoms with E-state index in [0.717, 1.165) is 11.5 Å². The largest absolute Gasteiger partial charge is 0.465 e. The molecule has 2 unspecified atom stereocenters. The molecular formula is C10H17N3O2. The molecule has 0 aliphatic carbocycles. The highest BCUT2D eigenvalue weighted by molar-refractivity contribution is 5.84. The van der Waals surface area contributed by atoms with Crippen LogP contribution in [0.2, 0.25) is 0 Å². The van der Waals surface area contributed by atoms with Gasteiger partial charge in [0.15, 0.2) is 5.84 Å². The van der Waals surface area contributed by atoms with E-state index in [1.54, 1.807) is 0 Å². The molecule has 4 N–H and O–H groups in total. The molecule has 0 radical (unpaired) electrons. The third-order valence-corrected chi connectivity index (χ3v) is 2.25. The van der Waals surface area contributed by atoms with E-state index in [9.17, 15) is 0 Å². The highest BCUT2D eigenvalue weighted by Gasteiger charge is 2.14. The minimum absolute atomic E-state index is 0.0222. The van der Waals surface area contributed by atoms with Crippen LogP contribution < -0.4 is 11.1 Å². The standard InChI is InChI=1S/C10H17N3O2/c1-6-4-5-9(15-6)7(2)12-8(3)10(11)13-14/h4-5,7-8,12,14H,1-3H3,(H2,11,13). The first-order valence-electron chi connectivity index (χ1n) is 4.84. The van der Waals surface area contributed by atoms with Crippen molar-refractivity contribution in [2.75, 3.05) is 0 Å². The van der Waals surface area contributed by atoms with Crippen LogP contribution in [-0.2, 0) is 0 Å². The summed E-state index contributed by atoms with van der Waals surface area (Å²) < 4.78 is 5.45. The summed E-state index contributed by atoms with van der Waals surface area (Å²) in [5, 5.41) is 14.6. The number of hydrogen-bond acceptors (Lipinski definition) is 4. The van der Waals surface area contributed by atoms with Gasteiger partial charge >= 0.3 is 0 Å². The van der Waals surface area contributed by atoms with Gasteiger partial charge in [0.05, 0.1) is 12.1 Å². The molecule has 1 aromatic rings. The normalized spacial score (nSPS) is 16.3. The fraction of sp³-hybridized carbons (Fsp3) is 0.500. The summed E-state index contributed by atoms with van der Waals surface area (Å²) in [5.41, 5.74) is 5.45. The monoisotopic (exact) mass is 211 g/mol. The van der Waals surface area contributed by atoms with Gasteiger partial charge in [0.2, 0.25) is 0 Å². The molecule has 0 fully saturated rings. The maximum absolute atomic E-state index is 8.49. The van der Waals surface area contributed by atoms with Crippen molar-refractivity contribution in [2.45, 2.75) is 32.9 Å². The van der Waals surface area contributed by atoms with Crippen molar-refractivity contribution in [2.24, 2.45) is 10.9 Å². The fourth-order valence-electron chi connectivity index (χ4n) is 1.32. The fourth-order valence-corrected chi connectivity index (χ4v) is 1.32. The van der Waals surface area contributed by atoms with Gasteiger partial charge in [-0.2, -0.15) is 0 Å². The van der Waals surface area contributed by atoms with Crippen LogP contribution in [0.25, 0.3) is 0 Å². The second-order valence-electron chi connectivity index (χ2n) is 3.58. The molecule has 2 atom stereocenters. The van der Waals surface area contributed by atoms with Crippen molar-refractivity contribution >= 4 is 5.84 Å². The summed E-state index contributed by atoms with van der Waals surface area (Å²) in [7, 11) is 0. The van der Waals surface area contributed by atoms with Crippen molar-refractivity contribution < 1.29 is 9.62 Å². The zero-order valence-electron chi connectivity index (χ0n) is 9.19. The average molecular weight is 211 g/mol. The first kappa shape index (κ1) is 11.6. The molecule has 1 heterocycles. The lowest BCUT2D eigenvalue weighted by atomic mass is 10.2. The molecule has 0 amide bonds. The summed E-state index contributed by atoms with van der Waals surface area (Å²) in [6.07, 6.45) is 0. The Morgan fingerprint density at radius 3 is 2.67 bits per heavy atom. The second kappa shape index (κ2) is 4.84. The van der Waals surface area contributed by atoms with Gasteiger partial charge in [0.1, 0.15) is 11.5 Å². The van der Waals surface area contributed by atoms with Gasteiger partial charge in [0, 0.05) is 0 Å². The predicted octanol–water partition coefficient (Wildman–Crippen LogP) is 1.37. The van der Waals surface area contributed by atoms with E-state index in [1.165, 1.54) is 0 Å². The minimum atomic E-state index is -0.199. The third-order valence-electron chi connectivity index (χ3n) is 2.25. The smallest absolute Gasteiger partial charge is 0.156 e. The zero-order chi connectivity index (χ0) is 11.4. The van der Waals surface area contributed by atoms with Gasteiger partial charge in [-0.15, -0.1) is 0 Å². The molecule has 0 aliphatic heterocycles. The Morgan fingerprint density at radius 2 is 2.20 bits per heavy atom. The molecule has 5 nitrogen and oxygen atoms in total. The molecule has 5 heteroatoms. The van der Waals surface area contributed by atoms with Crippen LogP contribution in [-0.4, -0.2) is 17.1 Å². The van der Waals surface area contributed by atoms with E-state index >= 15 is 0 Å². The zero-order valence-corrected chi connectivity index (χ0v) is 9.19. The Balaban J connectivity index is 2.59. The molecule has 0 bridgehead atoms. The summed E-state index contributed by atoms with van der Waals surface area (Å²) >= 11 is 0. The minimum Gasteiger partial charge on any atom is -0.465 e. The number of furan rings is 1. The molecule has 0 saturated heterocycles. The molecule has 84 valence electrons. The second-order valence-corrected chi connectivity index (χ2v) is 3.58. The van der Waals surface area contributed by atoms with Gasteiger partial charge < -0.3 is 15.4 Å². The number of rotatable bonds is 4. The summed E-state index contributed by atoms with van der Waals surface area (Å²) in [4.78, 5) is 0. The molecule has 0 saturated carbocycles. The van der Waals surface area contributed by atoms with Crippen molar-refractivity contribution in [1.82, 2.24) is 5.32 Å². The Labute approximate surface area is 88.9 Å². The van der Waals surface area contributed by atoms with E-state index in [-0.39, 0.29) is 17.9 Å². The lowest BCUT2D eigenvalue weighted by molar-refractivity contribution is 0.313. The lowest BCUT2D eigenvalue weighted by Crippen LogP contribution is -2.40. The highest BCUT2D eigenvalue weighted by Crippen LogP contribution is 2.15. The number of aryl methyl sites for hydroxylation is 1. The first-order chi connectivity index (χ1) is 7.04. The first-order valence-corrected chi connectivity index (χ1v) is 4.84. The molecular weight excluding hydrogens is 194 g/mol. The van der Waals surface area contributed by atoms with Crippen LogP contribution in [0.3, 0.4) is 0 Å². The number of nitrogens with one attached hydrogen (secondary N) is 1. The van der Waals surface area contributed by atoms with E-state index < -0.39 is 0 Å². The van der Waals surface area contributed by atoms with Gasteiger partial charge in [-0.3, -0.25) is 5.32 Å². The van der Waals surface area contributed by atoms with Crippen molar-refractivity contribution in [3.8, 4) is 0 Å². The average Bonchev–Trinajstić information content (AvgIpc) is 2.63. The number of oxime groups is 1. The summed E-state index contributed by atoms with van der Waals surface area (Å²) in [5.74, 6) is 1.87. The van der Waals surface area contributed by atoms with Gasteiger partial charge in [-0.05, 0) is 32.9 Å². The topological polar surface area (TPSA) is 83.8 Å². The van der Waals surface area contributed by atoms with Crippen LogP contribution in [0.1, 0.15) is 31.4 Å². The van der Waals surface area contributed by atoms with Crippen LogP contribution in [0.15, 0.2) is 21.7 Å². The molecule has 1 rings (SSSR count). The Hall–Kier alpha value is -1.49. The van der Waals surface area contributed by atoms with Crippen LogP contribution in [0.4, 0.5) is 0 Å². The highest BCUT2D eigenvalue weighted by atomic mass is 16.4. The number of hydrogen-bond donors (Lipinski definition) is 3. The van der Waals surface area contributed by atoms with E-state index in [4.69, 9.17) is 15.4 Å². The van der Waals surface area contributed by atoms with Crippen molar-refractivity contribution in [1.29, 1.82) is 0 Å². The van der Waals surface area contributed by atoms with Crippen LogP contribution >= 0.6 is 0 Å². The SMILES string of the molecule is Cc1ccc(C(C)NC(C)C(N)=NO)o1. The lowest BCUT2D eigenvalue weighted by Gasteiger charge is -2.16. The van der Waals surface area contributed by atoms with Crippen LogP contribution in [0, 0.1) is 6.92 Å². The summed E-state index contributed by atoms with van der Waals surface area (Å²) in [6, 6.07) is 3.64. The number of nitrogens with zero attached hydrogens (tertiary/aromatic N) is 1. The Kier molecular flexibility index (Phi) is 3.74. The number of amidine groups is 1. The Morgan fingerprint density at radius 1 is 1.53 bits per heavy atom. The van der Waals surface area contributed by atoms with Gasteiger partial charge in [-0.1, -0.05) is 5.16 Å². The molecule has 0 spiro atoms. The maximum Gasteiger partial charge on any atom is 0.156 e. The molecule has 0 aliphatic rings. The van der Waals surface area contributed by atoms with Gasteiger partial charge in [-0.25, -0.2) is 0 Å². The molecule has 15 heavy (non-hydrogen) atoms. The summed E-state index contributed by atoms with van der Waals surface area (Å²) in [6.45, 7) is 5.67. The van der Waals surface area contributed by atoms with Crippen molar-refractivity contribution in [3.05, 3.63) is 23.7 Å². The van der Waals surface area contributed by atoms with Crippen LogP contribution in [0.5, 0.6) is 0 Å². The maximum atomic E-state index is 8.49.